The van der Waals surface area contributed by atoms with Crippen LogP contribution in [0.5, 0.6) is 0 Å². The van der Waals surface area contributed by atoms with E-state index >= 15 is 0 Å². The van der Waals surface area contributed by atoms with Crippen LogP contribution < -0.4 is 10.6 Å². The van der Waals surface area contributed by atoms with Gasteiger partial charge in [0.25, 0.3) is 11.8 Å². The highest BCUT2D eigenvalue weighted by atomic mass is 16.6. The summed E-state index contributed by atoms with van der Waals surface area (Å²) in [5.74, 6) is -2.01. The lowest BCUT2D eigenvalue weighted by Crippen LogP contribution is -2.54. The van der Waals surface area contributed by atoms with E-state index in [0.29, 0.717) is 12.8 Å². The maximum absolute atomic E-state index is 12.9. The standard InChI is InChI=1S/C18H27N3O7/c1-5-27-16(26)19-12(22)9-28-13(23)8-21-14(24)18(20-15(21)25)7-11(2)6-17(3,4)10-18/h11H,5-10H2,1-4H3,(H,20,25)(H,19,22,26)/t11-,18+/m1/s1. The van der Waals surface area contributed by atoms with E-state index in [1.807, 2.05) is 26.1 Å². The summed E-state index contributed by atoms with van der Waals surface area (Å²) < 4.78 is 9.27. The number of urea groups is 1. The van der Waals surface area contributed by atoms with Gasteiger partial charge in [0.1, 0.15) is 12.1 Å². The van der Waals surface area contributed by atoms with Crippen molar-refractivity contribution < 1.29 is 33.4 Å². The molecule has 1 saturated heterocycles. The second kappa shape index (κ2) is 8.15. The fraction of sp³-hybridized carbons (Fsp3) is 0.722. The molecule has 1 spiro atoms. The summed E-state index contributed by atoms with van der Waals surface area (Å²) in [7, 11) is 0. The van der Waals surface area contributed by atoms with Crippen molar-refractivity contribution in [2.45, 2.75) is 52.5 Å². The highest BCUT2D eigenvalue weighted by Crippen LogP contribution is 2.46. The topological polar surface area (TPSA) is 131 Å². The number of nitrogens with one attached hydrogen (secondary N) is 2. The SMILES string of the molecule is CCOC(=O)NC(=O)COC(=O)CN1C(=O)N[C@]2(C[C@H](C)CC(C)(C)C2)C1=O. The van der Waals surface area contributed by atoms with Gasteiger partial charge in [-0.3, -0.25) is 24.6 Å². The molecule has 0 aromatic heterocycles. The third kappa shape index (κ3) is 4.99. The van der Waals surface area contributed by atoms with Gasteiger partial charge in [0, 0.05) is 0 Å². The van der Waals surface area contributed by atoms with Crippen molar-refractivity contribution in [1.29, 1.82) is 0 Å². The molecule has 2 aliphatic rings. The van der Waals surface area contributed by atoms with E-state index in [1.165, 1.54) is 0 Å². The molecule has 1 aliphatic carbocycles. The first-order valence-corrected chi connectivity index (χ1v) is 9.24. The summed E-state index contributed by atoms with van der Waals surface area (Å²) in [5, 5.41) is 4.63. The van der Waals surface area contributed by atoms with Crippen molar-refractivity contribution in [3.8, 4) is 0 Å². The number of alkyl carbamates (subject to hydrolysis) is 1. The molecule has 0 unspecified atom stereocenters. The summed E-state index contributed by atoms with van der Waals surface area (Å²) >= 11 is 0. The fourth-order valence-electron chi connectivity index (χ4n) is 4.29. The summed E-state index contributed by atoms with van der Waals surface area (Å²) in [6, 6.07) is -0.650. The van der Waals surface area contributed by atoms with Crippen LogP contribution in [0.25, 0.3) is 0 Å². The molecule has 1 saturated carbocycles. The number of hydrogen-bond acceptors (Lipinski definition) is 7. The normalized spacial score (nSPS) is 26.0. The molecule has 0 aromatic carbocycles. The van der Waals surface area contributed by atoms with Gasteiger partial charge in [-0.05, 0) is 37.5 Å². The van der Waals surface area contributed by atoms with Crippen molar-refractivity contribution in [2.24, 2.45) is 11.3 Å². The molecule has 0 bridgehead atoms. The first-order chi connectivity index (χ1) is 13.0. The molecule has 5 amide bonds. The average molecular weight is 397 g/mol. The van der Waals surface area contributed by atoms with Gasteiger partial charge in [-0.25, -0.2) is 9.59 Å². The Balaban J connectivity index is 1.93. The van der Waals surface area contributed by atoms with Gasteiger partial charge in [0.2, 0.25) is 0 Å². The van der Waals surface area contributed by atoms with E-state index in [2.05, 4.69) is 10.1 Å². The van der Waals surface area contributed by atoms with Crippen LogP contribution in [0.2, 0.25) is 0 Å². The molecule has 1 aliphatic heterocycles. The summed E-state index contributed by atoms with van der Waals surface area (Å²) in [6.45, 7) is 6.45. The van der Waals surface area contributed by atoms with Crippen molar-refractivity contribution in [1.82, 2.24) is 15.5 Å². The van der Waals surface area contributed by atoms with Crippen LogP contribution in [0.4, 0.5) is 9.59 Å². The Morgan fingerprint density at radius 2 is 1.89 bits per heavy atom. The molecular formula is C18H27N3O7. The predicted molar refractivity (Wildman–Crippen MR) is 95.9 cm³/mol. The molecule has 2 rings (SSSR count). The maximum atomic E-state index is 12.9. The molecule has 1 heterocycles. The van der Waals surface area contributed by atoms with E-state index in [-0.39, 0.29) is 17.9 Å². The Hall–Kier alpha value is -2.65. The Kier molecular flexibility index (Phi) is 6.30. The largest absolute Gasteiger partial charge is 0.454 e. The highest BCUT2D eigenvalue weighted by molar-refractivity contribution is 6.09. The van der Waals surface area contributed by atoms with Crippen molar-refractivity contribution in [3.05, 3.63) is 0 Å². The first kappa shape index (κ1) is 21.6. The van der Waals surface area contributed by atoms with Crippen LogP contribution in [0, 0.1) is 11.3 Å². The van der Waals surface area contributed by atoms with Gasteiger partial charge in [-0.15, -0.1) is 0 Å². The third-order valence-electron chi connectivity index (χ3n) is 4.79. The summed E-state index contributed by atoms with van der Waals surface area (Å²) in [5.41, 5.74) is -1.14. The van der Waals surface area contributed by atoms with Crippen LogP contribution in [0.3, 0.4) is 0 Å². The second-order valence-corrected chi connectivity index (χ2v) is 8.19. The number of esters is 1. The predicted octanol–water partition coefficient (Wildman–Crippen LogP) is 0.939. The van der Waals surface area contributed by atoms with E-state index in [9.17, 15) is 24.0 Å². The Morgan fingerprint density at radius 3 is 2.50 bits per heavy atom. The molecule has 10 nitrogen and oxygen atoms in total. The lowest BCUT2D eigenvalue weighted by atomic mass is 9.64. The van der Waals surface area contributed by atoms with Crippen LogP contribution in [0.15, 0.2) is 0 Å². The van der Waals surface area contributed by atoms with Crippen LogP contribution >= 0.6 is 0 Å². The number of nitrogens with zero attached hydrogens (tertiary/aromatic N) is 1. The minimum absolute atomic E-state index is 0.0856. The molecule has 156 valence electrons. The van der Waals surface area contributed by atoms with Gasteiger partial charge in [0.15, 0.2) is 6.61 Å². The second-order valence-electron chi connectivity index (χ2n) is 8.19. The third-order valence-corrected chi connectivity index (χ3v) is 4.79. The monoisotopic (exact) mass is 397 g/mol. The number of carbonyl (C=O) groups is 5. The Labute approximate surface area is 163 Å². The van der Waals surface area contributed by atoms with Gasteiger partial charge in [-0.2, -0.15) is 0 Å². The molecule has 2 N–H and O–H groups in total. The van der Waals surface area contributed by atoms with Crippen LogP contribution in [0.1, 0.15) is 47.0 Å². The van der Waals surface area contributed by atoms with Gasteiger partial charge in [-0.1, -0.05) is 20.8 Å². The number of imide groups is 2. The number of rotatable bonds is 5. The number of carbonyl (C=O) groups excluding carboxylic acids is 5. The quantitative estimate of drug-likeness (QED) is 0.521. The zero-order valence-corrected chi connectivity index (χ0v) is 16.6. The Morgan fingerprint density at radius 1 is 1.21 bits per heavy atom. The van der Waals surface area contributed by atoms with Crippen LogP contribution in [-0.4, -0.2) is 60.1 Å². The average Bonchev–Trinajstić information content (AvgIpc) is 2.74. The zero-order chi connectivity index (χ0) is 21.1. The molecule has 0 aromatic rings. The van der Waals surface area contributed by atoms with E-state index in [4.69, 9.17) is 4.74 Å². The smallest absolute Gasteiger partial charge is 0.413 e. The molecular weight excluding hydrogens is 370 g/mol. The van der Waals surface area contributed by atoms with Gasteiger partial charge in [0.05, 0.1) is 6.61 Å². The lowest BCUT2D eigenvalue weighted by Gasteiger charge is -2.43. The number of amides is 5. The minimum Gasteiger partial charge on any atom is -0.454 e. The summed E-state index contributed by atoms with van der Waals surface area (Å²) in [4.78, 5) is 60.6. The van der Waals surface area contributed by atoms with Crippen LogP contribution in [-0.2, 0) is 23.9 Å². The van der Waals surface area contributed by atoms with Crippen molar-refractivity contribution in [3.63, 3.8) is 0 Å². The van der Waals surface area contributed by atoms with E-state index in [0.717, 1.165) is 11.3 Å². The molecule has 2 atom stereocenters. The number of hydrogen-bond donors (Lipinski definition) is 2. The Bertz CT molecular complexity index is 691. The van der Waals surface area contributed by atoms with Gasteiger partial charge >= 0.3 is 18.1 Å². The molecule has 2 fully saturated rings. The summed E-state index contributed by atoms with van der Waals surface area (Å²) in [6.07, 6.45) is 0.987. The maximum Gasteiger partial charge on any atom is 0.413 e. The van der Waals surface area contributed by atoms with E-state index < -0.39 is 48.6 Å². The fourth-order valence-corrected chi connectivity index (χ4v) is 4.29. The van der Waals surface area contributed by atoms with Crippen molar-refractivity contribution >= 4 is 29.9 Å². The molecule has 28 heavy (non-hydrogen) atoms. The van der Waals surface area contributed by atoms with Crippen molar-refractivity contribution in [2.75, 3.05) is 19.8 Å². The molecule has 10 heteroatoms. The molecule has 0 radical (unpaired) electrons. The van der Waals surface area contributed by atoms with Gasteiger partial charge < -0.3 is 14.8 Å². The minimum atomic E-state index is -1.01. The first-order valence-electron chi connectivity index (χ1n) is 9.24. The number of ether oxygens (including phenoxy) is 2. The highest BCUT2D eigenvalue weighted by Gasteiger charge is 2.56. The lowest BCUT2D eigenvalue weighted by molar-refractivity contribution is -0.151. The zero-order valence-electron chi connectivity index (χ0n) is 16.6. The van der Waals surface area contributed by atoms with E-state index in [1.54, 1.807) is 6.92 Å².